The number of hydrogen-bond donors (Lipinski definition) is 0. The Bertz CT molecular complexity index is 1100. The van der Waals surface area contributed by atoms with Crippen LogP contribution in [0.2, 0.25) is 0 Å². The van der Waals surface area contributed by atoms with E-state index < -0.39 is 18.1 Å². The van der Waals surface area contributed by atoms with E-state index in [9.17, 15) is 9.59 Å². The largest absolute Gasteiger partial charge is 0.447 e. The average Bonchev–Trinajstić information content (AvgIpc) is 3.36. The van der Waals surface area contributed by atoms with Crippen LogP contribution in [0.15, 0.2) is 72.8 Å². The monoisotopic (exact) mass is 402 g/mol. The zero-order valence-corrected chi connectivity index (χ0v) is 16.6. The molecule has 0 unspecified atom stereocenters. The number of fused-ring (bicyclic) bond motifs is 1. The molecule has 0 bridgehead atoms. The van der Waals surface area contributed by atoms with Crippen molar-refractivity contribution in [2.45, 2.75) is 19.1 Å². The fourth-order valence-corrected chi connectivity index (χ4v) is 4.45. The number of hydrogen-bond acceptors (Lipinski definition) is 5. The average molecular weight is 402 g/mol. The molecule has 2 fully saturated rings. The van der Waals surface area contributed by atoms with Gasteiger partial charge in [-0.2, -0.15) is 0 Å². The first kappa shape index (κ1) is 18.6. The van der Waals surface area contributed by atoms with Crippen LogP contribution >= 0.6 is 0 Å². The van der Waals surface area contributed by atoms with E-state index in [-0.39, 0.29) is 25.1 Å². The Hall–Kier alpha value is -3.38. The lowest BCUT2D eigenvalue weighted by Crippen LogP contribution is -2.41. The van der Waals surface area contributed by atoms with E-state index in [0.29, 0.717) is 0 Å². The molecule has 3 aromatic carbocycles. The van der Waals surface area contributed by atoms with Crippen molar-refractivity contribution in [1.82, 2.24) is 4.90 Å². The molecule has 0 radical (unpaired) electrons. The Labute approximate surface area is 174 Å². The lowest BCUT2D eigenvalue weighted by atomic mass is 9.86. The van der Waals surface area contributed by atoms with Gasteiger partial charge in [0.2, 0.25) is 5.91 Å². The van der Waals surface area contributed by atoms with Gasteiger partial charge in [0.15, 0.2) is 0 Å². The molecule has 0 N–H and O–H groups in total. The predicted molar refractivity (Wildman–Crippen MR) is 113 cm³/mol. The Morgan fingerprint density at radius 3 is 2.47 bits per heavy atom. The molecule has 2 aliphatic heterocycles. The first-order valence-electron chi connectivity index (χ1n) is 10.1. The van der Waals surface area contributed by atoms with E-state index in [0.717, 1.165) is 22.0 Å². The van der Waals surface area contributed by atoms with Crippen LogP contribution in [0.4, 0.5) is 10.5 Å². The standard InChI is InChI=1S/C24H22N2O4/c1-16-21(23(27)25-14-15-29-24(25)28)22(26(30-16)18-10-3-2-4-11-18)20-13-7-9-17-8-5-6-12-19(17)20/h2-13,16,21-22H,14-15H2,1H3/t16-,21-,22+/m0/s1. The van der Waals surface area contributed by atoms with Crippen LogP contribution in [0.3, 0.4) is 0 Å². The van der Waals surface area contributed by atoms with Crippen molar-refractivity contribution < 1.29 is 19.2 Å². The van der Waals surface area contributed by atoms with Gasteiger partial charge in [-0.05, 0) is 35.4 Å². The quantitative estimate of drug-likeness (QED) is 0.653. The van der Waals surface area contributed by atoms with Crippen molar-refractivity contribution in [3.05, 3.63) is 78.4 Å². The highest BCUT2D eigenvalue weighted by Gasteiger charge is 2.50. The lowest BCUT2D eigenvalue weighted by molar-refractivity contribution is -0.133. The predicted octanol–water partition coefficient (Wildman–Crippen LogP) is 4.32. The van der Waals surface area contributed by atoms with Crippen molar-refractivity contribution in [2.75, 3.05) is 18.2 Å². The normalized spacial score (nSPS) is 23.8. The summed E-state index contributed by atoms with van der Waals surface area (Å²) in [6, 6.07) is 23.6. The molecular formula is C24H22N2O4. The highest BCUT2D eigenvalue weighted by atomic mass is 16.7. The molecule has 2 aliphatic rings. The molecule has 2 heterocycles. The minimum Gasteiger partial charge on any atom is -0.447 e. The van der Waals surface area contributed by atoms with E-state index >= 15 is 0 Å². The van der Waals surface area contributed by atoms with Crippen molar-refractivity contribution in [3.8, 4) is 0 Å². The highest BCUT2D eigenvalue weighted by Crippen LogP contribution is 2.45. The minimum absolute atomic E-state index is 0.230. The molecule has 5 rings (SSSR count). The maximum Gasteiger partial charge on any atom is 0.416 e. The Morgan fingerprint density at radius 1 is 0.967 bits per heavy atom. The van der Waals surface area contributed by atoms with Crippen LogP contribution in [0.25, 0.3) is 10.8 Å². The van der Waals surface area contributed by atoms with Crippen LogP contribution in [0.1, 0.15) is 18.5 Å². The summed E-state index contributed by atoms with van der Waals surface area (Å²) >= 11 is 0. The molecular weight excluding hydrogens is 380 g/mol. The smallest absolute Gasteiger partial charge is 0.416 e. The number of cyclic esters (lactones) is 1. The van der Waals surface area contributed by atoms with E-state index in [2.05, 4.69) is 18.2 Å². The summed E-state index contributed by atoms with van der Waals surface area (Å²) in [6.07, 6.45) is -0.989. The van der Waals surface area contributed by atoms with Gasteiger partial charge in [0, 0.05) is 0 Å². The summed E-state index contributed by atoms with van der Waals surface area (Å²) in [5.74, 6) is -0.817. The van der Waals surface area contributed by atoms with Gasteiger partial charge in [0.1, 0.15) is 6.61 Å². The number of carbonyl (C=O) groups excluding carboxylic acids is 2. The van der Waals surface area contributed by atoms with E-state index in [1.165, 1.54) is 4.90 Å². The number of rotatable bonds is 3. The molecule has 152 valence electrons. The zero-order valence-electron chi connectivity index (χ0n) is 16.6. The summed E-state index contributed by atoms with van der Waals surface area (Å²) in [7, 11) is 0. The Kier molecular flexibility index (Phi) is 4.64. The van der Waals surface area contributed by atoms with Crippen LogP contribution in [-0.4, -0.2) is 36.2 Å². The summed E-state index contributed by atoms with van der Waals surface area (Å²) in [5, 5.41) is 3.97. The van der Waals surface area contributed by atoms with Crippen molar-refractivity contribution in [2.24, 2.45) is 5.92 Å². The second-order valence-corrected chi connectivity index (χ2v) is 7.62. The second-order valence-electron chi connectivity index (χ2n) is 7.62. The van der Waals surface area contributed by atoms with Gasteiger partial charge in [-0.15, -0.1) is 0 Å². The van der Waals surface area contributed by atoms with Gasteiger partial charge in [-0.1, -0.05) is 60.7 Å². The number of hydroxylamine groups is 1. The summed E-state index contributed by atoms with van der Waals surface area (Å²) in [6.45, 7) is 2.38. The molecule has 2 saturated heterocycles. The van der Waals surface area contributed by atoms with Crippen LogP contribution in [0, 0.1) is 5.92 Å². The van der Waals surface area contributed by atoms with Crippen LogP contribution in [-0.2, 0) is 14.4 Å². The topological polar surface area (TPSA) is 59.1 Å². The number of anilines is 1. The van der Waals surface area contributed by atoms with Gasteiger partial charge >= 0.3 is 6.09 Å². The molecule has 3 aromatic rings. The van der Waals surface area contributed by atoms with Crippen molar-refractivity contribution >= 4 is 28.5 Å². The fraction of sp³-hybridized carbons (Fsp3) is 0.250. The fourth-order valence-electron chi connectivity index (χ4n) is 4.45. The molecule has 6 nitrogen and oxygen atoms in total. The molecule has 3 atom stereocenters. The van der Waals surface area contributed by atoms with Gasteiger partial charge < -0.3 is 4.74 Å². The number of para-hydroxylation sites is 1. The molecule has 0 aliphatic carbocycles. The lowest BCUT2D eigenvalue weighted by Gasteiger charge is -2.29. The first-order chi connectivity index (χ1) is 14.6. The Morgan fingerprint density at radius 2 is 1.70 bits per heavy atom. The van der Waals surface area contributed by atoms with Gasteiger partial charge in [-0.3, -0.25) is 9.63 Å². The van der Waals surface area contributed by atoms with Gasteiger partial charge in [-0.25, -0.2) is 14.8 Å². The number of benzene rings is 3. The number of carbonyl (C=O) groups is 2. The third-order valence-corrected chi connectivity index (χ3v) is 5.84. The van der Waals surface area contributed by atoms with E-state index in [1.54, 1.807) is 0 Å². The third kappa shape index (κ3) is 3.00. The van der Waals surface area contributed by atoms with E-state index in [1.807, 2.05) is 66.6 Å². The highest BCUT2D eigenvalue weighted by molar-refractivity contribution is 5.96. The molecule has 2 amide bonds. The van der Waals surface area contributed by atoms with Crippen molar-refractivity contribution in [1.29, 1.82) is 0 Å². The third-order valence-electron chi connectivity index (χ3n) is 5.84. The van der Waals surface area contributed by atoms with E-state index in [4.69, 9.17) is 9.57 Å². The minimum atomic E-state index is -0.581. The number of ether oxygens (including phenoxy) is 1. The van der Waals surface area contributed by atoms with Crippen molar-refractivity contribution in [3.63, 3.8) is 0 Å². The SMILES string of the molecule is C[C@@H]1ON(c2ccccc2)[C@H](c2cccc3ccccc23)[C@H]1C(=O)N1CCOC1=O. The molecule has 0 spiro atoms. The van der Waals surface area contributed by atoms with Crippen LogP contribution < -0.4 is 5.06 Å². The molecule has 30 heavy (non-hydrogen) atoms. The number of amides is 2. The number of nitrogens with zero attached hydrogens (tertiary/aromatic N) is 2. The molecule has 0 aromatic heterocycles. The van der Waals surface area contributed by atoms with Crippen LogP contribution in [0.5, 0.6) is 0 Å². The summed E-state index contributed by atoms with van der Waals surface area (Å²) in [5.41, 5.74) is 1.86. The Balaban J connectivity index is 1.65. The maximum atomic E-state index is 13.5. The van der Waals surface area contributed by atoms with Gasteiger partial charge in [0.25, 0.3) is 0 Å². The molecule has 0 saturated carbocycles. The summed E-state index contributed by atoms with van der Waals surface area (Å²) in [4.78, 5) is 33.0. The second kappa shape index (κ2) is 7.46. The van der Waals surface area contributed by atoms with Gasteiger partial charge in [0.05, 0.1) is 30.3 Å². The zero-order chi connectivity index (χ0) is 20.7. The summed E-state index contributed by atoms with van der Waals surface area (Å²) < 4.78 is 5.02. The number of imide groups is 1. The maximum absolute atomic E-state index is 13.5. The molecule has 6 heteroatoms. The first-order valence-corrected chi connectivity index (χ1v) is 10.1.